The molecule has 1 atom stereocenters. The Morgan fingerprint density at radius 2 is 1.88 bits per heavy atom. The van der Waals surface area contributed by atoms with E-state index >= 15 is 0 Å². The topological polar surface area (TPSA) is 69.6 Å². The number of thioether (sulfide) groups is 1. The van der Waals surface area contributed by atoms with E-state index in [9.17, 15) is 9.59 Å². The van der Waals surface area contributed by atoms with Gasteiger partial charge >= 0.3 is 12.0 Å². The van der Waals surface area contributed by atoms with Crippen LogP contribution in [0.15, 0.2) is 0 Å². The Balaban J connectivity index is 4.23. The van der Waals surface area contributed by atoms with Gasteiger partial charge in [0.15, 0.2) is 0 Å². The molecule has 0 saturated heterocycles. The summed E-state index contributed by atoms with van der Waals surface area (Å²) in [6.45, 7) is 6.92. The van der Waals surface area contributed by atoms with Gasteiger partial charge in [0.2, 0.25) is 0 Å². The molecule has 2 N–H and O–H groups in total. The van der Waals surface area contributed by atoms with E-state index in [2.05, 4.69) is 5.32 Å². The molecule has 6 heteroatoms. The Kier molecular flexibility index (Phi) is 8.66. The molecule has 0 aliphatic rings. The van der Waals surface area contributed by atoms with Crippen LogP contribution in [-0.4, -0.2) is 52.6 Å². The Labute approximate surface area is 107 Å². The van der Waals surface area contributed by atoms with Crippen LogP contribution in [0.3, 0.4) is 0 Å². The van der Waals surface area contributed by atoms with Gasteiger partial charge < -0.3 is 15.3 Å². The quantitative estimate of drug-likeness (QED) is 0.652. The van der Waals surface area contributed by atoms with Crippen molar-refractivity contribution in [2.24, 2.45) is 0 Å². The minimum absolute atomic E-state index is 0.302. The molecular formula is C11H22N2O3S. The minimum atomic E-state index is -0.970. The number of nitrogens with one attached hydrogen (secondary N) is 1. The first-order chi connectivity index (χ1) is 8.06. The normalized spacial score (nSPS) is 11.9. The van der Waals surface area contributed by atoms with Gasteiger partial charge in [0.1, 0.15) is 6.04 Å². The van der Waals surface area contributed by atoms with Gasteiger partial charge in [-0.05, 0) is 31.8 Å². The molecule has 2 amide bonds. The van der Waals surface area contributed by atoms with Gasteiger partial charge in [-0.3, -0.25) is 0 Å². The summed E-state index contributed by atoms with van der Waals surface area (Å²) in [5.41, 5.74) is 0. The SMILES string of the molecule is CCSCCC(NC(=O)N(CC)CC)C(=O)O. The Bertz CT molecular complexity index is 245. The molecule has 5 nitrogen and oxygen atoms in total. The predicted octanol–water partition coefficient (Wildman–Crippen LogP) is 1.63. The maximum atomic E-state index is 11.7. The van der Waals surface area contributed by atoms with E-state index < -0.39 is 12.0 Å². The van der Waals surface area contributed by atoms with Gasteiger partial charge in [0.25, 0.3) is 0 Å². The lowest BCUT2D eigenvalue weighted by Crippen LogP contribution is -2.48. The number of amides is 2. The molecule has 100 valence electrons. The summed E-state index contributed by atoms with van der Waals surface area (Å²) in [6, 6.07) is -1.09. The first-order valence-corrected chi connectivity index (χ1v) is 7.08. The standard InChI is InChI=1S/C11H22N2O3S/c1-4-13(5-2)11(16)12-9(10(14)15)7-8-17-6-3/h9H,4-8H2,1-3H3,(H,12,16)(H,14,15). The van der Waals surface area contributed by atoms with Crippen molar-refractivity contribution < 1.29 is 14.7 Å². The van der Waals surface area contributed by atoms with Crippen LogP contribution in [0.1, 0.15) is 27.2 Å². The summed E-state index contributed by atoms with van der Waals surface area (Å²) in [6.07, 6.45) is 0.459. The molecule has 17 heavy (non-hydrogen) atoms. The first-order valence-electron chi connectivity index (χ1n) is 5.92. The number of carbonyl (C=O) groups is 2. The highest BCUT2D eigenvalue weighted by Gasteiger charge is 2.21. The molecule has 0 bridgehead atoms. The maximum absolute atomic E-state index is 11.7. The summed E-state index contributed by atoms with van der Waals surface area (Å²) < 4.78 is 0. The van der Waals surface area contributed by atoms with E-state index in [0.717, 1.165) is 11.5 Å². The summed E-state index contributed by atoms with van der Waals surface area (Å²) in [4.78, 5) is 24.3. The predicted molar refractivity (Wildman–Crippen MR) is 70.5 cm³/mol. The Morgan fingerprint density at radius 3 is 2.29 bits per heavy atom. The number of carboxylic acids is 1. The third kappa shape index (κ3) is 6.41. The largest absolute Gasteiger partial charge is 0.480 e. The lowest BCUT2D eigenvalue weighted by atomic mass is 10.2. The second-order valence-corrected chi connectivity index (χ2v) is 4.89. The van der Waals surface area contributed by atoms with Crippen molar-refractivity contribution >= 4 is 23.8 Å². The zero-order valence-corrected chi connectivity index (χ0v) is 11.5. The number of carboxylic acid groups (broad SMARTS) is 1. The molecule has 0 heterocycles. The molecule has 0 saturated carbocycles. The molecule has 0 rings (SSSR count). The summed E-state index contributed by atoms with van der Waals surface area (Å²) >= 11 is 1.67. The van der Waals surface area contributed by atoms with Crippen LogP contribution in [0.2, 0.25) is 0 Å². The van der Waals surface area contributed by atoms with Crippen molar-refractivity contribution in [1.82, 2.24) is 10.2 Å². The van der Waals surface area contributed by atoms with E-state index in [1.807, 2.05) is 20.8 Å². The van der Waals surface area contributed by atoms with E-state index in [1.165, 1.54) is 0 Å². The fraction of sp³-hybridized carbons (Fsp3) is 0.818. The highest BCUT2D eigenvalue weighted by atomic mass is 32.2. The zero-order valence-electron chi connectivity index (χ0n) is 10.7. The summed E-state index contributed by atoms with van der Waals surface area (Å²) in [5.74, 6) is 0.727. The molecular weight excluding hydrogens is 240 g/mol. The highest BCUT2D eigenvalue weighted by Crippen LogP contribution is 2.05. The molecule has 0 aromatic rings. The third-order valence-corrected chi connectivity index (χ3v) is 3.33. The molecule has 0 aromatic heterocycles. The van der Waals surface area contributed by atoms with E-state index in [4.69, 9.17) is 5.11 Å². The van der Waals surface area contributed by atoms with Crippen LogP contribution >= 0.6 is 11.8 Å². The van der Waals surface area contributed by atoms with E-state index in [-0.39, 0.29) is 6.03 Å². The number of hydrogen-bond donors (Lipinski definition) is 2. The molecule has 1 unspecified atom stereocenters. The number of hydrogen-bond acceptors (Lipinski definition) is 3. The molecule has 0 spiro atoms. The summed E-state index contributed by atoms with van der Waals surface area (Å²) in [7, 11) is 0. The number of rotatable bonds is 8. The number of nitrogens with zero attached hydrogens (tertiary/aromatic N) is 1. The minimum Gasteiger partial charge on any atom is -0.480 e. The lowest BCUT2D eigenvalue weighted by molar-refractivity contribution is -0.139. The molecule has 0 aromatic carbocycles. The van der Waals surface area contributed by atoms with Crippen LogP contribution in [-0.2, 0) is 4.79 Å². The van der Waals surface area contributed by atoms with Crippen LogP contribution in [0.4, 0.5) is 4.79 Å². The van der Waals surface area contributed by atoms with Gasteiger partial charge in [-0.1, -0.05) is 6.92 Å². The molecule has 0 aliphatic carbocycles. The highest BCUT2D eigenvalue weighted by molar-refractivity contribution is 7.99. The van der Waals surface area contributed by atoms with Gasteiger partial charge in [-0.15, -0.1) is 0 Å². The van der Waals surface area contributed by atoms with Crippen molar-refractivity contribution in [1.29, 1.82) is 0 Å². The van der Waals surface area contributed by atoms with Crippen LogP contribution in [0.25, 0.3) is 0 Å². The second kappa shape index (κ2) is 9.15. The van der Waals surface area contributed by atoms with Gasteiger partial charge in [0.05, 0.1) is 0 Å². The number of aliphatic carboxylic acids is 1. The maximum Gasteiger partial charge on any atom is 0.326 e. The molecule has 0 radical (unpaired) electrons. The molecule has 0 fully saturated rings. The van der Waals surface area contributed by atoms with Gasteiger partial charge in [-0.2, -0.15) is 11.8 Å². The first kappa shape index (κ1) is 16.1. The number of urea groups is 1. The van der Waals surface area contributed by atoms with Crippen molar-refractivity contribution in [3.8, 4) is 0 Å². The summed E-state index contributed by atoms with van der Waals surface area (Å²) in [5, 5.41) is 11.6. The molecule has 0 aliphatic heterocycles. The van der Waals surface area contributed by atoms with Gasteiger partial charge in [0, 0.05) is 13.1 Å². The van der Waals surface area contributed by atoms with Crippen molar-refractivity contribution in [3.05, 3.63) is 0 Å². The fourth-order valence-corrected chi connectivity index (χ4v) is 2.05. The van der Waals surface area contributed by atoms with E-state index in [0.29, 0.717) is 19.5 Å². The van der Waals surface area contributed by atoms with Crippen molar-refractivity contribution in [2.75, 3.05) is 24.6 Å². The Morgan fingerprint density at radius 1 is 1.29 bits per heavy atom. The van der Waals surface area contributed by atoms with E-state index in [1.54, 1.807) is 16.7 Å². The lowest BCUT2D eigenvalue weighted by Gasteiger charge is -2.22. The van der Waals surface area contributed by atoms with Crippen molar-refractivity contribution in [2.45, 2.75) is 33.2 Å². The van der Waals surface area contributed by atoms with Crippen LogP contribution in [0.5, 0.6) is 0 Å². The van der Waals surface area contributed by atoms with Crippen molar-refractivity contribution in [3.63, 3.8) is 0 Å². The smallest absolute Gasteiger partial charge is 0.326 e. The third-order valence-electron chi connectivity index (χ3n) is 2.40. The Hall–Kier alpha value is -0.910. The monoisotopic (exact) mass is 262 g/mol. The zero-order chi connectivity index (χ0) is 13.3. The fourth-order valence-electron chi connectivity index (χ4n) is 1.35. The average molecular weight is 262 g/mol. The van der Waals surface area contributed by atoms with Crippen LogP contribution in [0, 0.1) is 0 Å². The second-order valence-electron chi connectivity index (χ2n) is 3.50. The average Bonchev–Trinajstić information content (AvgIpc) is 2.29. The van der Waals surface area contributed by atoms with Crippen LogP contribution < -0.4 is 5.32 Å². The van der Waals surface area contributed by atoms with Gasteiger partial charge in [-0.25, -0.2) is 9.59 Å². The number of carbonyl (C=O) groups excluding carboxylic acids is 1.